The fourth-order valence-corrected chi connectivity index (χ4v) is 5.22. The Morgan fingerprint density at radius 1 is 0.771 bits per heavy atom. The summed E-state index contributed by atoms with van der Waals surface area (Å²) in [6, 6.07) is 22.2. The van der Waals surface area contributed by atoms with Gasteiger partial charge < -0.3 is 42.2 Å². The zero-order chi connectivity index (χ0) is 34.5. The molecule has 0 fully saturated rings. The molecule has 0 saturated heterocycles. The molecule has 9 N–H and O–H groups in total. The molecule has 0 saturated carbocycles. The van der Waals surface area contributed by atoms with Crippen molar-refractivity contribution in [2.45, 2.75) is 62.9 Å². The van der Waals surface area contributed by atoms with Crippen LogP contribution < -0.4 is 27.4 Å². The monoisotopic (exact) mass is 656 g/mol. The molecule has 1 aromatic heterocycles. The van der Waals surface area contributed by atoms with Gasteiger partial charge in [0.25, 0.3) is 0 Å². The summed E-state index contributed by atoms with van der Waals surface area (Å²) in [6.45, 7) is 0.00453. The van der Waals surface area contributed by atoms with E-state index in [1.165, 1.54) is 0 Å². The number of hydrogen-bond acceptors (Lipinski definition) is 7. The summed E-state index contributed by atoms with van der Waals surface area (Å²) < 4.78 is 5.32. The number of alkyl carbamates (subject to hydrolysis) is 1. The van der Waals surface area contributed by atoms with Crippen molar-refractivity contribution in [1.82, 2.24) is 20.9 Å². The largest absolute Gasteiger partial charge is 0.445 e. The van der Waals surface area contributed by atoms with E-state index in [0.29, 0.717) is 0 Å². The predicted octanol–water partition coefficient (Wildman–Crippen LogP) is 1.72. The number of amides is 5. The van der Waals surface area contributed by atoms with E-state index in [0.717, 1.165) is 27.6 Å². The molecule has 13 heteroatoms. The van der Waals surface area contributed by atoms with E-state index in [1.807, 2.05) is 60.7 Å². The Hall–Kier alpha value is -5.69. The Kier molecular flexibility index (Phi) is 12.7. The van der Waals surface area contributed by atoms with Crippen LogP contribution in [0.4, 0.5) is 4.79 Å². The fourth-order valence-electron chi connectivity index (χ4n) is 5.22. The molecule has 0 aliphatic rings. The first-order valence-corrected chi connectivity index (χ1v) is 15.5. The van der Waals surface area contributed by atoms with Crippen LogP contribution in [0.2, 0.25) is 0 Å². The molecule has 1 heterocycles. The summed E-state index contributed by atoms with van der Waals surface area (Å²) >= 11 is 0. The average Bonchev–Trinajstić information content (AvgIpc) is 3.48. The van der Waals surface area contributed by atoms with E-state index in [2.05, 4.69) is 20.9 Å². The maximum Gasteiger partial charge on any atom is 0.407 e. The first-order valence-electron chi connectivity index (χ1n) is 15.5. The Balaban J connectivity index is 1.41. The lowest BCUT2D eigenvalue weighted by molar-refractivity contribution is -0.132. The molecular weight excluding hydrogens is 616 g/mol. The minimum absolute atomic E-state index is 0.00453. The van der Waals surface area contributed by atoms with Gasteiger partial charge in [-0.2, -0.15) is 0 Å². The number of aromatic nitrogens is 1. The normalized spacial score (nSPS) is 13.4. The molecule has 0 unspecified atom stereocenters. The molecule has 0 radical (unpaired) electrons. The van der Waals surface area contributed by atoms with Gasteiger partial charge in [-0.05, 0) is 35.6 Å². The molecule has 0 spiro atoms. The van der Waals surface area contributed by atoms with E-state index < -0.39 is 60.4 Å². The number of hydrogen-bond donors (Lipinski definition) is 7. The number of nitrogens with two attached hydrogens (primary N) is 2. The molecule has 4 atom stereocenters. The number of primary amides is 2. The van der Waals surface area contributed by atoms with Gasteiger partial charge in [0.05, 0.1) is 18.6 Å². The summed E-state index contributed by atoms with van der Waals surface area (Å²) in [7, 11) is 0. The van der Waals surface area contributed by atoms with E-state index >= 15 is 0 Å². The number of fused-ring (bicyclic) bond motifs is 1. The van der Waals surface area contributed by atoms with Crippen molar-refractivity contribution in [3.05, 3.63) is 108 Å². The average molecular weight is 657 g/mol. The molecule has 3 aromatic carbocycles. The second-order valence-electron chi connectivity index (χ2n) is 11.4. The smallest absolute Gasteiger partial charge is 0.407 e. The number of nitrogens with one attached hydrogen (secondary N) is 4. The number of para-hydroxylation sites is 1. The molecule has 0 aliphatic heterocycles. The number of aromatic amines is 1. The Morgan fingerprint density at radius 2 is 1.42 bits per heavy atom. The van der Waals surface area contributed by atoms with Gasteiger partial charge >= 0.3 is 6.09 Å². The topological polar surface area (TPSA) is 219 Å². The van der Waals surface area contributed by atoms with Gasteiger partial charge in [0, 0.05) is 29.9 Å². The Bertz CT molecular complexity index is 1700. The molecule has 0 bridgehead atoms. The van der Waals surface area contributed by atoms with E-state index in [-0.39, 0.29) is 32.3 Å². The molecule has 48 heavy (non-hydrogen) atoms. The maximum atomic E-state index is 13.4. The summed E-state index contributed by atoms with van der Waals surface area (Å²) in [5.41, 5.74) is 14.1. The molecular formula is C35H40N6O7. The maximum absolute atomic E-state index is 13.4. The van der Waals surface area contributed by atoms with E-state index in [1.54, 1.807) is 30.5 Å². The van der Waals surface area contributed by atoms with Crippen LogP contribution in [-0.4, -0.2) is 64.0 Å². The van der Waals surface area contributed by atoms with Gasteiger partial charge in [-0.1, -0.05) is 78.9 Å². The van der Waals surface area contributed by atoms with Crippen molar-refractivity contribution in [2.75, 3.05) is 0 Å². The first-order chi connectivity index (χ1) is 23.1. The number of ether oxygens (including phenoxy) is 1. The minimum Gasteiger partial charge on any atom is -0.445 e. The SMILES string of the molecule is NC(=O)CC[C@H](NC(=O)C[C@H](O)[C@H](Cc1ccccc1)NC(=O)OCc1ccccc1)C(=O)N[C@@H](Cc1c[nH]c2ccccc12)C(N)=O. The summed E-state index contributed by atoms with van der Waals surface area (Å²) in [4.78, 5) is 66.3. The van der Waals surface area contributed by atoms with Gasteiger partial charge in [-0.25, -0.2) is 4.79 Å². The number of rotatable bonds is 17. The summed E-state index contributed by atoms with van der Waals surface area (Å²) in [5, 5.41) is 19.7. The Labute approximate surface area is 277 Å². The highest BCUT2D eigenvalue weighted by molar-refractivity contribution is 5.93. The first kappa shape index (κ1) is 35.2. The highest BCUT2D eigenvalue weighted by Crippen LogP contribution is 2.19. The molecule has 4 rings (SSSR count). The van der Waals surface area contributed by atoms with Gasteiger partial charge in [-0.3, -0.25) is 19.2 Å². The van der Waals surface area contributed by atoms with Crippen molar-refractivity contribution in [3.63, 3.8) is 0 Å². The minimum atomic E-state index is -1.39. The van der Waals surface area contributed by atoms with Crippen LogP contribution in [0.1, 0.15) is 36.0 Å². The van der Waals surface area contributed by atoms with Crippen LogP contribution in [-0.2, 0) is 43.4 Å². The van der Waals surface area contributed by atoms with Crippen molar-refractivity contribution < 1.29 is 33.8 Å². The summed E-state index contributed by atoms with van der Waals surface area (Å²) in [5.74, 6) is -2.99. The zero-order valence-electron chi connectivity index (χ0n) is 26.3. The van der Waals surface area contributed by atoms with Gasteiger partial charge in [-0.15, -0.1) is 0 Å². The van der Waals surface area contributed by atoms with Crippen molar-refractivity contribution in [2.24, 2.45) is 11.5 Å². The van der Waals surface area contributed by atoms with Crippen LogP contribution >= 0.6 is 0 Å². The number of aliphatic hydroxyl groups excluding tert-OH is 1. The highest BCUT2D eigenvalue weighted by atomic mass is 16.5. The molecule has 13 nitrogen and oxygen atoms in total. The fraction of sp³-hybridized carbons (Fsp3) is 0.286. The molecule has 252 valence electrons. The number of carbonyl (C=O) groups excluding carboxylic acids is 5. The van der Waals surface area contributed by atoms with Crippen LogP contribution in [0.3, 0.4) is 0 Å². The second-order valence-corrected chi connectivity index (χ2v) is 11.4. The highest BCUT2D eigenvalue weighted by Gasteiger charge is 2.30. The third-order valence-corrected chi connectivity index (χ3v) is 7.76. The number of carbonyl (C=O) groups is 5. The quantitative estimate of drug-likeness (QED) is 0.0891. The third-order valence-electron chi connectivity index (χ3n) is 7.76. The van der Waals surface area contributed by atoms with Crippen molar-refractivity contribution >= 4 is 40.6 Å². The molecule has 5 amide bonds. The summed E-state index contributed by atoms with van der Waals surface area (Å²) in [6.07, 6.45) is -1.12. The number of H-pyrrole nitrogens is 1. The molecule has 0 aliphatic carbocycles. The lowest BCUT2D eigenvalue weighted by atomic mass is 9.98. The van der Waals surface area contributed by atoms with Gasteiger partial charge in [0.2, 0.25) is 23.6 Å². The second kappa shape index (κ2) is 17.3. The number of aliphatic hydroxyl groups is 1. The van der Waals surface area contributed by atoms with Crippen LogP contribution in [0.15, 0.2) is 91.1 Å². The van der Waals surface area contributed by atoms with Crippen LogP contribution in [0.25, 0.3) is 10.9 Å². The molecule has 4 aromatic rings. The van der Waals surface area contributed by atoms with Gasteiger partial charge in [0.1, 0.15) is 18.7 Å². The number of benzene rings is 3. The standard InChI is InChI=1S/C35H40N6O7/c36-31(43)16-15-27(34(46)40-29(33(37)45)18-24-20-38-26-14-8-7-13-25(24)26)39-32(44)19-30(42)28(17-22-9-3-1-4-10-22)41-35(47)48-21-23-11-5-2-6-12-23/h1-14,20,27-30,38,42H,15-19,21H2,(H2,36,43)(H2,37,45)(H,39,44)(H,40,46)(H,41,47)/t27-,28-,29-,30-/m0/s1. The predicted molar refractivity (Wildman–Crippen MR) is 178 cm³/mol. The lowest BCUT2D eigenvalue weighted by Crippen LogP contribution is -2.54. The van der Waals surface area contributed by atoms with Gasteiger partial charge in [0.15, 0.2) is 0 Å². The van der Waals surface area contributed by atoms with Crippen molar-refractivity contribution in [3.8, 4) is 0 Å². The Morgan fingerprint density at radius 3 is 2.08 bits per heavy atom. The zero-order valence-corrected chi connectivity index (χ0v) is 26.3. The third kappa shape index (κ3) is 10.7. The lowest BCUT2D eigenvalue weighted by Gasteiger charge is -2.25. The van der Waals surface area contributed by atoms with E-state index in [9.17, 15) is 29.1 Å². The van der Waals surface area contributed by atoms with Crippen molar-refractivity contribution in [1.29, 1.82) is 0 Å². The van der Waals surface area contributed by atoms with E-state index in [4.69, 9.17) is 16.2 Å². The van der Waals surface area contributed by atoms with Crippen LogP contribution in [0, 0.1) is 0 Å². The van der Waals surface area contributed by atoms with Crippen LogP contribution in [0.5, 0.6) is 0 Å².